The van der Waals surface area contributed by atoms with Gasteiger partial charge in [0.15, 0.2) is 0 Å². The first kappa shape index (κ1) is 14.8. The number of hydrogen-bond acceptors (Lipinski definition) is 4. The molecular weight excluding hydrogens is 266 g/mol. The number of amides is 1. The van der Waals surface area contributed by atoms with Crippen LogP contribution in [0.3, 0.4) is 0 Å². The second-order valence-corrected chi connectivity index (χ2v) is 4.69. The lowest BCUT2D eigenvalue weighted by Crippen LogP contribution is -2.23. The van der Waals surface area contributed by atoms with Gasteiger partial charge in [-0.15, -0.1) is 0 Å². The SMILES string of the molecule is CNc1cc(C)ccc1C(=O)NCc1ccnc(OC)c1. The smallest absolute Gasteiger partial charge is 0.253 e. The molecule has 0 aliphatic rings. The zero-order valence-corrected chi connectivity index (χ0v) is 12.4. The highest BCUT2D eigenvalue weighted by atomic mass is 16.5. The van der Waals surface area contributed by atoms with Crippen molar-refractivity contribution in [1.82, 2.24) is 10.3 Å². The second-order valence-electron chi connectivity index (χ2n) is 4.69. The summed E-state index contributed by atoms with van der Waals surface area (Å²) in [6, 6.07) is 9.34. The summed E-state index contributed by atoms with van der Waals surface area (Å²) < 4.78 is 5.06. The minimum absolute atomic E-state index is 0.116. The van der Waals surface area contributed by atoms with Gasteiger partial charge in [0, 0.05) is 31.5 Å². The third kappa shape index (κ3) is 3.72. The minimum atomic E-state index is -0.116. The van der Waals surface area contributed by atoms with Crippen molar-refractivity contribution >= 4 is 11.6 Å². The van der Waals surface area contributed by atoms with Crippen LogP contribution in [0.15, 0.2) is 36.5 Å². The lowest BCUT2D eigenvalue weighted by molar-refractivity contribution is 0.0951. The summed E-state index contributed by atoms with van der Waals surface area (Å²) in [7, 11) is 3.37. The second kappa shape index (κ2) is 6.74. The molecule has 0 unspecified atom stereocenters. The number of nitrogens with one attached hydrogen (secondary N) is 2. The zero-order valence-electron chi connectivity index (χ0n) is 12.4. The highest BCUT2D eigenvalue weighted by Gasteiger charge is 2.10. The molecule has 0 saturated carbocycles. The van der Waals surface area contributed by atoms with E-state index >= 15 is 0 Å². The van der Waals surface area contributed by atoms with Crippen LogP contribution in [0.1, 0.15) is 21.5 Å². The van der Waals surface area contributed by atoms with Crippen LogP contribution in [-0.4, -0.2) is 25.0 Å². The number of anilines is 1. The summed E-state index contributed by atoms with van der Waals surface area (Å²) in [6.07, 6.45) is 1.66. The van der Waals surface area contributed by atoms with Gasteiger partial charge in [-0.05, 0) is 36.2 Å². The molecule has 1 aromatic heterocycles. The molecule has 0 bridgehead atoms. The first-order valence-corrected chi connectivity index (χ1v) is 6.69. The Labute approximate surface area is 124 Å². The van der Waals surface area contributed by atoms with Crippen LogP contribution in [0.25, 0.3) is 0 Å². The summed E-state index contributed by atoms with van der Waals surface area (Å²) in [4.78, 5) is 16.3. The van der Waals surface area contributed by atoms with Gasteiger partial charge in [-0.2, -0.15) is 0 Å². The molecule has 1 amide bonds. The molecule has 1 heterocycles. The lowest BCUT2D eigenvalue weighted by atomic mass is 10.1. The summed E-state index contributed by atoms with van der Waals surface area (Å²) in [5, 5.41) is 5.94. The largest absolute Gasteiger partial charge is 0.481 e. The molecule has 21 heavy (non-hydrogen) atoms. The van der Waals surface area contributed by atoms with Crippen LogP contribution < -0.4 is 15.4 Å². The standard InChI is InChI=1S/C16H19N3O2/c1-11-4-5-13(14(8-11)17-2)16(20)19-10-12-6-7-18-15(9-12)21-3/h4-9,17H,10H2,1-3H3,(H,19,20). The molecule has 2 rings (SSSR count). The number of ether oxygens (including phenoxy) is 1. The van der Waals surface area contributed by atoms with Crippen molar-refractivity contribution in [1.29, 1.82) is 0 Å². The minimum Gasteiger partial charge on any atom is -0.481 e. The number of nitrogens with zero attached hydrogens (tertiary/aromatic N) is 1. The highest BCUT2D eigenvalue weighted by Crippen LogP contribution is 2.17. The number of aryl methyl sites for hydroxylation is 1. The van der Waals surface area contributed by atoms with E-state index in [4.69, 9.17) is 4.74 Å². The predicted octanol–water partition coefficient (Wildman–Crippen LogP) is 2.37. The van der Waals surface area contributed by atoms with E-state index in [-0.39, 0.29) is 5.91 Å². The van der Waals surface area contributed by atoms with Crippen LogP contribution in [-0.2, 0) is 6.54 Å². The van der Waals surface area contributed by atoms with E-state index in [2.05, 4.69) is 15.6 Å². The van der Waals surface area contributed by atoms with Crippen molar-refractivity contribution in [2.45, 2.75) is 13.5 Å². The van der Waals surface area contributed by atoms with Crippen molar-refractivity contribution in [3.05, 3.63) is 53.2 Å². The molecule has 2 N–H and O–H groups in total. The average Bonchev–Trinajstić information content (AvgIpc) is 2.52. The van der Waals surface area contributed by atoms with E-state index in [1.807, 2.05) is 31.2 Å². The molecule has 5 nitrogen and oxygen atoms in total. The monoisotopic (exact) mass is 285 g/mol. The number of pyridine rings is 1. The topological polar surface area (TPSA) is 63.2 Å². The van der Waals surface area contributed by atoms with E-state index in [1.165, 1.54) is 0 Å². The maximum atomic E-state index is 12.3. The zero-order chi connectivity index (χ0) is 15.2. The molecule has 0 aliphatic heterocycles. The van der Waals surface area contributed by atoms with Crippen molar-refractivity contribution in [3.63, 3.8) is 0 Å². The Morgan fingerprint density at radius 2 is 2.10 bits per heavy atom. The number of carbonyl (C=O) groups excluding carboxylic acids is 1. The van der Waals surface area contributed by atoms with Gasteiger partial charge in [-0.25, -0.2) is 4.98 Å². The number of aromatic nitrogens is 1. The first-order chi connectivity index (χ1) is 10.1. The van der Waals surface area contributed by atoms with Gasteiger partial charge in [-0.3, -0.25) is 4.79 Å². The molecular formula is C16H19N3O2. The van der Waals surface area contributed by atoms with Crippen LogP contribution in [0.2, 0.25) is 0 Å². The summed E-state index contributed by atoms with van der Waals surface area (Å²) in [5.74, 6) is 0.420. The summed E-state index contributed by atoms with van der Waals surface area (Å²) in [5.41, 5.74) is 3.49. The fourth-order valence-electron chi connectivity index (χ4n) is 2.01. The Morgan fingerprint density at radius 3 is 2.81 bits per heavy atom. The predicted molar refractivity (Wildman–Crippen MR) is 82.7 cm³/mol. The van der Waals surface area contributed by atoms with E-state index in [0.717, 1.165) is 16.8 Å². The number of methoxy groups -OCH3 is 1. The number of hydrogen-bond donors (Lipinski definition) is 2. The van der Waals surface area contributed by atoms with Gasteiger partial charge in [0.25, 0.3) is 5.91 Å². The molecule has 0 spiro atoms. The molecule has 0 fully saturated rings. The van der Waals surface area contributed by atoms with Crippen molar-refractivity contribution < 1.29 is 9.53 Å². The van der Waals surface area contributed by atoms with Crippen molar-refractivity contribution in [2.75, 3.05) is 19.5 Å². The van der Waals surface area contributed by atoms with Crippen molar-refractivity contribution in [3.8, 4) is 5.88 Å². The summed E-state index contributed by atoms with van der Waals surface area (Å²) >= 11 is 0. The molecule has 0 radical (unpaired) electrons. The molecule has 1 aromatic carbocycles. The first-order valence-electron chi connectivity index (χ1n) is 6.69. The Morgan fingerprint density at radius 1 is 1.29 bits per heavy atom. The third-order valence-corrected chi connectivity index (χ3v) is 3.15. The molecule has 0 aliphatic carbocycles. The Kier molecular flexibility index (Phi) is 4.77. The molecule has 5 heteroatoms. The highest BCUT2D eigenvalue weighted by molar-refractivity contribution is 5.99. The maximum absolute atomic E-state index is 12.3. The maximum Gasteiger partial charge on any atom is 0.253 e. The fourth-order valence-corrected chi connectivity index (χ4v) is 2.01. The van der Waals surface area contributed by atoms with E-state index in [1.54, 1.807) is 26.4 Å². The normalized spacial score (nSPS) is 10.0. The molecule has 2 aromatic rings. The van der Waals surface area contributed by atoms with Gasteiger partial charge in [-0.1, -0.05) is 6.07 Å². The quantitative estimate of drug-likeness (QED) is 0.885. The summed E-state index contributed by atoms with van der Waals surface area (Å²) in [6.45, 7) is 2.42. The van der Waals surface area contributed by atoms with E-state index in [9.17, 15) is 4.79 Å². The van der Waals surface area contributed by atoms with Crippen LogP contribution in [0, 0.1) is 6.92 Å². The van der Waals surface area contributed by atoms with Gasteiger partial charge in [0.05, 0.1) is 12.7 Å². The molecule has 0 saturated heterocycles. The Bertz CT molecular complexity index is 641. The van der Waals surface area contributed by atoms with Gasteiger partial charge in [0.1, 0.15) is 0 Å². The van der Waals surface area contributed by atoms with Crippen LogP contribution >= 0.6 is 0 Å². The average molecular weight is 285 g/mol. The van der Waals surface area contributed by atoms with Crippen LogP contribution in [0.5, 0.6) is 5.88 Å². The Balaban J connectivity index is 2.08. The van der Waals surface area contributed by atoms with Crippen LogP contribution in [0.4, 0.5) is 5.69 Å². The van der Waals surface area contributed by atoms with Gasteiger partial charge >= 0.3 is 0 Å². The number of carbonyl (C=O) groups is 1. The van der Waals surface area contributed by atoms with Gasteiger partial charge in [0.2, 0.25) is 5.88 Å². The Hall–Kier alpha value is -2.56. The molecule has 110 valence electrons. The lowest BCUT2D eigenvalue weighted by Gasteiger charge is -2.11. The number of benzene rings is 1. The fraction of sp³-hybridized carbons (Fsp3) is 0.250. The van der Waals surface area contributed by atoms with Crippen molar-refractivity contribution in [2.24, 2.45) is 0 Å². The third-order valence-electron chi connectivity index (χ3n) is 3.15. The molecule has 0 atom stereocenters. The van der Waals surface area contributed by atoms with E-state index < -0.39 is 0 Å². The van der Waals surface area contributed by atoms with Gasteiger partial charge < -0.3 is 15.4 Å². The number of rotatable bonds is 5. The van der Waals surface area contributed by atoms with E-state index in [0.29, 0.717) is 18.0 Å².